The fraction of sp³-hybridized carbons (Fsp3) is 0.960. The van der Waals surface area contributed by atoms with E-state index in [9.17, 15) is 4.79 Å². The van der Waals surface area contributed by atoms with Crippen molar-refractivity contribution in [3.8, 4) is 0 Å². The number of rotatable bonds is 23. The van der Waals surface area contributed by atoms with Crippen LogP contribution < -0.4 is 5.32 Å². The number of carbonyl (C=O) groups excluding carboxylic acids is 1. The van der Waals surface area contributed by atoms with Crippen LogP contribution in [0.4, 0.5) is 0 Å². The molecule has 0 fully saturated rings. The van der Waals surface area contributed by atoms with E-state index in [1.807, 2.05) is 19.0 Å². The van der Waals surface area contributed by atoms with Crippen molar-refractivity contribution < 1.29 is 14.3 Å². The van der Waals surface area contributed by atoms with Crippen molar-refractivity contribution >= 4 is 5.91 Å². The zero-order valence-corrected chi connectivity index (χ0v) is 20.7. The lowest BCUT2D eigenvalue weighted by atomic mass is 9.99. The topological polar surface area (TPSA) is 50.8 Å². The highest BCUT2D eigenvalue weighted by Crippen LogP contribution is 2.15. The molecule has 0 heterocycles. The third kappa shape index (κ3) is 22.0. The Kier molecular flexibility index (Phi) is 22.5. The van der Waals surface area contributed by atoms with Gasteiger partial charge in [0.25, 0.3) is 0 Å². The molecule has 0 aliphatic rings. The van der Waals surface area contributed by atoms with Crippen molar-refractivity contribution in [2.75, 3.05) is 48.1 Å². The van der Waals surface area contributed by atoms with Gasteiger partial charge in [0.2, 0.25) is 5.91 Å². The van der Waals surface area contributed by atoms with Crippen molar-refractivity contribution in [2.24, 2.45) is 0 Å². The minimum atomic E-state index is 0.168. The molecule has 30 heavy (non-hydrogen) atoms. The number of hydrogen-bond donors (Lipinski definition) is 1. The van der Waals surface area contributed by atoms with Gasteiger partial charge in [-0.2, -0.15) is 0 Å². The van der Waals surface area contributed by atoms with Gasteiger partial charge < -0.3 is 19.7 Å². The molecule has 5 nitrogen and oxygen atoms in total. The number of likely N-dealkylation sites (N-methyl/N-ethyl adjacent to an activating group) is 1. The number of nitrogens with one attached hydrogen (secondary N) is 1. The summed E-state index contributed by atoms with van der Waals surface area (Å²) in [6.07, 6.45) is 20.1. The molecule has 180 valence electrons. The molecule has 0 spiro atoms. The monoisotopic (exact) mass is 428 g/mol. The fourth-order valence-electron chi connectivity index (χ4n) is 3.89. The van der Waals surface area contributed by atoms with Crippen LogP contribution in [0.2, 0.25) is 0 Å². The maximum atomic E-state index is 12.2. The van der Waals surface area contributed by atoms with Gasteiger partial charge in [0, 0.05) is 33.5 Å². The Hall–Kier alpha value is -0.650. The zero-order chi connectivity index (χ0) is 22.3. The maximum absolute atomic E-state index is 12.2. The summed E-state index contributed by atoms with van der Waals surface area (Å²) in [6, 6.07) is 0.348. The highest BCUT2D eigenvalue weighted by molar-refractivity contribution is 5.78. The SMILES string of the molecule is COCCCCCCCCCC(CCCCCCCCCOC)NC(=O)CN(C)C. The number of methoxy groups -OCH3 is 2. The van der Waals surface area contributed by atoms with E-state index >= 15 is 0 Å². The Bertz CT molecular complexity index is 342. The Morgan fingerprint density at radius 3 is 1.40 bits per heavy atom. The highest BCUT2D eigenvalue weighted by Gasteiger charge is 2.12. The summed E-state index contributed by atoms with van der Waals surface area (Å²) in [6.45, 7) is 2.27. The average Bonchev–Trinajstić information content (AvgIpc) is 2.70. The summed E-state index contributed by atoms with van der Waals surface area (Å²) in [7, 11) is 7.46. The van der Waals surface area contributed by atoms with Crippen LogP contribution in [0.25, 0.3) is 0 Å². The average molecular weight is 429 g/mol. The summed E-state index contributed by atoms with van der Waals surface area (Å²) >= 11 is 0. The zero-order valence-electron chi connectivity index (χ0n) is 20.7. The van der Waals surface area contributed by atoms with Crippen molar-refractivity contribution in [1.29, 1.82) is 0 Å². The van der Waals surface area contributed by atoms with Gasteiger partial charge in [-0.25, -0.2) is 0 Å². The largest absolute Gasteiger partial charge is 0.385 e. The van der Waals surface area contributed by atoms with Crippen LogP contribution >= 0.6 is 0 Å². The summed E-state index contributed by atoms with van der Waals surface area (Å²) < 4.78 is 10.2. The predicted molar refractivity (Wildman–Crippen MR) is 128 cm³/mol. The lowest BCUT2D eigenvalue weighted by Gasteiger charge is -2.20. The lowest BCUT2D eigenvalue weighted by molar-refractivity contribution is -0.122. The molecule has 5 heteroatoms. The third-order valence-corrected chi connectivity index (χ3v) is 5.63. The molecule has 0 aromatic heterocycles. The molecule has 0 saturated heterocycles. The van der Waals surface area contributed by atoms with Crippen molar-refractivity contribution in [2.45, 2.75) is 109 Å². The summed E-state index contributed by atoms with van der Waals surface area (Å²) in [5.41, 5.74) is 0. The molecule has 1 amide bonds. The van der Waals surface area contributed by atoms with Gasteiger partial charge in [-0.3, -0.25) is 4.79 Å². The third-order valence-electron chi connectivity index (χ3n) is 5.63. The Morgan fingerprint density at radius 1 is 0.667 bits per heavy atom. The molecule has 0 rings (SSSR count). The van der Waals surface area contributed by atoms with Crippen molar-refractivity contribution in [1.82, 2.24) is 10.2 Å². The van der Waals surface area contributed by atoms with Crippen LogP contribution in [-0.2, 0) is 14.3 Å². The van der Waals surface area contributed by atoms with E-state index in [1.165, 1.54) is 89.9 Å². The normalized spacial score (nSPS) is 11.5. The summed E-state index contributed by atoms with van der Waals surface area (Å²) in [5, 5.41) is 3.29. The van der Waals surface area contributed by atoms with Crippen LogP contribution in [0.1, 0.15) is 103 Å². The number of carbonyl (C=O) groups is 1. The fourth-order valence-corrected chi connectivity index (χ4v) is 3.89. The first-order valence-corrected chi connectivity index (χ1v) is 12.5. The molecular weight excluding hydrogens is 376 g/mol. The molecule has 0 radical (unpaired) electrons. The van der Waals surface area contributed by atoms with Gasteiger partial charge in [0.15, 0.2) is 0 Å². The molecule has 0 bridgehead atoms. The first-order chi connectivity index (χ1) is 14.6. The number of hydrogen-bond acceptors (Lipinski definition) is 4. The van der Waals surface area contributed by atoms with E-state index in [1.54, 1.807) is 14.2 Å². The van der Waals surface area contributed by atoms with E-state index in [-0.39, 0.29) is 5.91 Å². The van der Waals surface area contributed by atoms with Crippen molar-refractivity contribution in [3.63, 3.8) is 0 Å². The maximum Gasteiger partial charge on any atom is 0.234 e. The second kappa shape index (κ2) is 23.0. The van der Waals surface area contributed by atoms with Gasteiger partial charge in [0.1, 0.15) is 0 Å². The van der Waals surface area contributed by atoms with Gasteiger partial charge in [0.05, 0.1) is 6.54 Å². The van der Waals surface area contributed by atoms with Gasteiger partial charge in [-0.1, -0.05) is 77.0 Å². The number of ether oxygens (including phenoxy) is 2. The number of amides is 1. The number of nitrogens with zero attached hydrogens (tertiary/aromatic N) is 1. The van der Waals surface area contributed by atoms with Gasteiger partial charge >= 0.3 is 0 Å². The van der Waals surface area contributed by atoms with E-state index in [2.05, 4.69) is 5.32 Å². The van der Waals surface area contributed by atoms with Crippen LogP contribution in [0.5, 0.6) is 0 Å². The summed E-state index contributed by atoms with van der Waals surface area (Å²) in [5.74, 6) is 0.168. The molecule has 0 aliphatic heterocycles. The first kappa shape index (κ1) is 29.4. The van der Waals surface area contributed by atoms with E-state index in [0.717, 1.165) is 26.1 Å². The molecule has 0 unspecified atom stereocenters. The number of unbranched alkanes of at least 4 members (excludes halogenated alkanes) is 12. The summed E-state index contributed by atoms with van der Waals surface area (Å²) in [4.78, 5) is 14.2. The Balaban J connectivity index is 3.90. The minimum Gasteiger partial charge on any atom is -0.385 e. The van der Waals surface area contributed by atoms with Crippen LogP contribution in [-0.4, -0.2) is 64.9 Å². The Labute approximate surface area is 187 Å². The van der Waals surface area contributed by atoms with Gasteiger partial charge in [-0.05, 0) is 39.8 Å². The Morgan fingerprint density at radius 2 is 1.03 bits per heavy atom. The van der Waals surface area contributed by atoms with Crippen LogP contribution in [0, 0.1) is 0 Å². The second-order valence-electron chi connectivity index (χ2n) is 9.01. The van der Waals surface area contributed by atoms with E-state index in [0.29, 0.717) is 12.6 Å². The van der Waals surface area contributed by atoms with E-state index in [4.69, 9.17) is 9.47 Å². The minimum absolute atomic E-state index is 0.168. The van der Waals surface area contributed by atoms with Crippen LogP contribution in [0.3, 0.4) is 0 Å². The molecule has 0 aliphatic carbocycles. The molecule has 0 saturated carbocycles. The smallest absolute Gasteiger partial charge is 0.234 e. The predicted octanol–water partition coefficient (Wildman–Crippen LogP) is 5.57. The molecule has 0 aromatic rings. The van der Waals surface area contributed by atoms with E-state index < -0.39 is 0 Å². The van der Waals surface area contributed by atoms with Crippen molar-refractivity contribution in [3.05, 3.63) is 0 Å². The first-order valence-electron chi connectivity index (χ1n) is 12.5. The molecule has 1 N–H and O–H groups in total. The second-order valence-corrected chi connectivity index (χ2v) is 9.01. The highest BCUT2D eigenvalue weighted by atomic mass is 16.5. The molecule has 0 atom stereocenters. The standard InChI is InChI=1S/C25H52N2O3/c1-27(2)23-25(28)26-24(19-15-11-7-5-9-13-17-21-29-3)20-16-12-8-6-10-14-18-22-30-4/h24H,5-23H2,1-4H3,(H,26,28). The van der Waals surface area contributed by atoms with Crippen LogP contribution in [0.15, 0.2) is 0 Å². The molecular formula is C25H52N2O3. The lowest BCUT2D eigenvalue weighted by Crippen LogP contribution is -2.40. The quantitative estimate of drug-likeness (QED) is 0.216. The molecule has 0 aromatic carbocycles. The van der Waals surface area contributed by atoms with Gasteiger partial charge in [-0.15, -0.1) is 0 Å².